The fourth-order valence-corrected chi connectivity index (χ4v) is 3.85. The largest absolute Gasteiger partial charge is 0.497 e. The molecule has 0 unspecified atom stereocenters. The molecule has 0 saturated carbocycles. The summed E-state index contributed by atoms with van der Waals surface area (Å²) in [5, 5.41) is 1.19. The van der Waals surface area contributed by atoms with Gasteiger partial charge >= 0.3 is 0 Å². The van der Waals surface area contributed by atoms with Gasteiger partial charge < -0.3 is 9.64 Å². The van der Waals surface area contributed by atoms with Crippen molar-refractivity contribution in [1.82, 2.24) is 9.88 Å². The number of methoxy groups -OCH3 is 1. The van der Waals surface area contributed by atoms with Gasteiger partial charge in [0.2, 0.25) is 0 Å². The molecule has 0 amide bonds. The van der Waals surface area contributed by atoms with E-state index in [1.165, 1.54) is 41.6 Å². The number of fused-ring (bicyclic) bond motifs is 1. The predicted molar refractivity (Wildman–Crippen MR) is 108 cm³/mol. The van der Waals surface area contributed by atoms with Crippen LogP contribution < -0.4 is 4.74 Å². The highest BCUT2D eigenvalue weighted by Gasteiger charge is 2.19. The van der Waals surface area contributed by atoms with Crippen LogP contribution in [-0.4, -0.2) is 36.1 Å². The number of hydrogen-bond acceptors (Lipinski definition) is 3. The van der Waals surface area contributed by atoms with Crippen LogP contribution in [0.25, 0.3) is 22.0 Å². The first-order valence-corrected chi connectivity index (χ1v) is 9.51. The van der Waals surface area contributed by atoms with Crippen LogP contribution in [-0.2, 0) is 6.42 Å². The molecule has 1 saturated heterocycles. The van der Waals surface area contributed by atoms with Gasteiger partial charge in [0, 0.05) is 30.1 Å². The number of aromatic nitrogens is 1. The zero-order valence-electron chi connectivity index (χ0n) is 15.6. The SMILES string of the molecule is COc1ccc(-c2ccc3nc(CCN4CCC[C@@H]4C)ccc3c2)cc1. The van der Waals surface area contributed by atoms with Gasteiger partial charge in [-0.1, -0.05) is 24.3 Å². The Morgan fingerprint density at radius 3 is 2.58 bits per heavy atom. The summed E-state index contributed by atoms with van der Waals surface area (Å²) in [6, 6.07) is 19.8. The maximum atomic E-state index is 5.24. The lowest BCUT2D eigenvalue weighted by atomic mass is 10.0. The van der Waals surface area contributed by atoms with E-state index in [1.54, 1.807) is 7.11 Å². The predicted octanol–water partition coefficient (Wildman–Crippen LogP) is 4.94. The first-order chi connectivity index (χ1) is 12.7. The van der Waals surface area contributed by atoms with Gasteiger partial charge in [-0.3, -0.25) is 4.98 Å². The van der Waals surface area contributed by atoms with Gasteiger partial charge in [0.1, 0.15) is 5.75 Å². The lowest BCUT2D eigenvalue weighted by molar-refractivity contribution is 0.271. The third-order valence-electron chi connectivity index (χ3n) is 5.52. The van der Waals surface area contributed by atoms with Crippen LogP contribution in [0.4, 0.5) is 0 Å². The van der Waals surface area contributed by atoms with Crippen molar-refractivity contribution < 1.29 is 4.74 Å². The van der Waals surface area contributed by atoms with E-state index in [0.29, 0.717) is 0 Å². The van der Waals surface area contributed by atoms with Gasteiger partial charge in [-0.15, -0.1) is 0 Å². The van der Waals surface area contributed by atoms with E-state index in [-0.39, 0.29) is 0 Å². The monoisotopic (exact) mass is 346 g/mol. The molecule has 1 fully saturated rings. The average Bonchev–Trinajstić information content (AvgIpc) is 3.10. The highest BCUT2D eigenvalue weighted by molar-refractivity contribution is 5.84. The van der Waals surface area contributed by atoms with Crippen molar-refractivity contribution in [3.63, 3.8) is 0 Å². The molecule has 0 N–H and O–H groups in total. The molecule has 4 rings (SSSR count). The first-order valence-electron chi connectivity index (χ1n) is 9.51. The smallest absolute Gasteiger partial charge is 0.118 e. The van der Waals surface area contributed by atoms with Crippen LogP contribution >= 0.6 is 0 Å². The number of pyridine rings is 1. The summed E-state index contributed by atoms with van der Waals surface area (Å²) in [7, 11) is 1.69. The van der Waals surface area contributed by atoms with Gasteiger partial charge in [0.15, 0.2) is 0 Å². The van der Waals surface area contributed by atoms with Crippen LogP contribution in [0.2, 0.25) is 0 Å². The summed E-state index contributed by atoms with van der Waals surface area (Å²) >= 11 is 0. The molecule has 3 aromatic rings. The molecule has 1 aliphatic heterocycles. The number of nitrogens with zero attached hydrogens (tertiary/aromatic N) is 2. The van der Waals surface area contributed by atoms with Crippen molar-refractivity contribution in [3.8, 4) is 16.9 Å². The van der Waals surface area contributed by atoms with Crippen LogP contribution in [0.1, 0.15) is 25.5 Å². The van der Waals surface area contributed by atoms with Crippen molar-refractivity contribution in [2.24, 2.45) is 0 Å². The van der Waals surface area contributed by atoms with Crippen LogP contribution in [0.15, 0.2) is 54.6 Å². The van der Waals surface area contributed by atoms with E-state index >= 15 is 0 Å². The number of benzene rings is 2. The molecule has 2 heterocycles. The molecule has 3 nitrogen and oxygen atoms in total. The standard InChI is InChI=1S/C23H26N2O/c1-17-4-3-14-25(17)15-13-21-9-5-20-16-19(8-12-23(20)24-21)18-6-10-22(26-2)11-7-18/h5-12,16-17H,3-4,13-15H2,1-2H3/t17-/m0/s1. The molecule has 134 valence electrons. The second kappa shape index (κ2) is 7.46. The molecular formula is C23H26N2O. The van der Waals surface area contributed by atoms with E-state index in [9.17, 15) is 0 Å². The number of likely N-dealkylation sites (tertiary alicyclic amines) is 1. The first kappa shape index (κ1) is 17.0. The Bertz CT molecular complexity index is 888. The van der Waals surface area contributed by atoms with Gasteiger partial charge in [-0.25, -0.2) is 0 Å². The quantitative estimate of drug-likeness (QED) is 0.654. The van der Waals surface area contributed by atoms with Gasteiger partial charge in [0.05, 0.1) is 12.6 Å². The summed E-state index contributed by atoms with van der Waals surface area (Å²) in [4.78, 5) is 7.46. The molecule has 1 aliphatic rings. The highest BCUT2D eigenvalue weighted by Crippen LogP contribution is 2.26. The molecule has 0 aliphatic carbocycles. The Hall–Kier alpha value is -2.39. The average molecular weight is 346 g/mol. The molecule has 0 bridgehead atoms. The summed E-state index contributed by atoms with van der Waals surface area (Å²) in [5.74, 6) is 0.883. The highest BCUT2D eigenvalue weighted by atomic mass is 16.5. The Labute approximate surface area is 155 Å². The fourth-order valence-electron chi connectivity index (χ4n) is 3.85. The third-order valence-corrected chi connectivity index (χ3v) is 5.52. The molecule has 2 aromatic carbocycles. The van der Waals surface area contributed by atoms with Gasteiger partial charge in [-0.05, 0) is 67.8 Å². The summed E-state index contributed by atoms with van der Waals surface area (Å²) in [6.45, 7) is 4.69. The normalized spacial score (nSPS) is 17.7. The van der Waals surface area contributed by atoms with E-state index in [0.717, 1.165) is 30.3 Å². The minimum atomic E-state index is 0.725. The minimum Gasteiger partial charge on any atom is -0.497 e. The fraction of sp³-hybridized carbons (Fsp3) is 0.348. The minimum absolute atomic E-state index is 0.725. The van der Waals surface area contributed by atoms with Crippen molar-refractivity contribution >= 4 is 10.9 Å². The second-order valence-corrected chi connectivity index (χ2v) is 7.22. The number of rotatable bonds is 5. The second-order valence-electron chi connectivity index (χ2n) is 7.22. The molecule has 0 spiro atoms. The van der Waals surface area contributed by atoms with Gasteiger partial charge in [0.25, 0.3) is 0 Å². The Morgan fingerprint density at radius 1 is 1.04 bits per heavy atom. The van der Waals surface area contributed by atoms with Crippen LogP contribution in [0.3, 0.4) is 0 Å². The molecule has 0 radical (unpaired) electrons. The lowest BCUT2D eigenvalue weighted by Gasteiger charge is -2.20. The van der Waals surface area contributed by atoms with Crippen molar-refractivity contribution in [2.45, 2.75) is 32.2 Å². The summed E-state index contributed by atoms with van der Waals surface area (Å²) < 4.78 is 5.24. The van der Waals surface area contributed by atoms with E-state index < -0.39 is 0 Å². The van der Waals surface area contributed by atoms with Crippen molar-refractivity contribution in [1.29, 1.82) is 0 Å². The molecule has 3 heteroatoms. The Balaban J connectivity index is 1.52. The molecule has 1 aromatic heterocycles. The maximum absolute atomic E-state index is 5.24. The number of hydrogen-bond donors (Lipinski definition) is 0. The van der Waals surface area contributed by atoms with Crippen molar-refractivity contribution in [3.05, 3.63) is 60.3 Å². The van der Waals surface area contributed by atoms with Crippen LogP contribution in [0, 0.1) is 0 Å². The zero-order valence-corrected chi connectivity index (χ0v) is 15.6. The van der Waals surface area contributed by atoms with Gasteiger partial charge in [-0.2, -0.15) is 0 Å². The topological polar surface area (TPSA) is 25.4 Å². The third kappa shape index (κ3) is 3.58. The molecule has 26 heavy (non-hydrogen) atoms. The molecular weight excluding hydrogens is 320 g/mol. The van der Waals surface area contributed by atoms with Crippen LogP contribution in [0.5, 0.6) is 5.75 Å². The Morgan fingerprint density at radius 2 is 1.85 bits per heavy atom. The summed E-state index contributed by atoms with van der Waals surface area (Å²) in [5.41, 5.74) is 4.67. The maximum Gasteiger partial charge on any atom is 0.118 e. The summed E-state index contributed by atoms with van der Waals surface area (Å²) in [6.07, 6.45) is 3.69. The van der Waals surface area contributed by atoms with E-state index in [1.807, 2.05) is 12.1 Å². The lowest BCUT2D eigenvalue weighted by Crippen LogP contribution is -2.29. The molecule has 1 atom stereocenters. The van der Waals surface area contributed by atoms with Crippen molar-refractivity contribution in [2.75, 3.05) is 20.2 Å². The van der Waals surface area contributed by atoms with E-state index in [4.69, 9.17) is 9.72 Å². The zero-order chi connectivity index (χ0) is 17.9. The Kier molecular flexibility index (Phi) is 4.89. The van der Waals surface area contributed by atoms with E-state index in [2.05, 4.69) is 54.3 Å². The number of ether oxygens (including phenoxy) is 1.